The van der Waals surface area contributed by atoms with E-state index in [4.69, 9.17) is 36.2 Å². The quantitative estimate of drug-likeness (QED) is 0.156. The van der Waals surface area contributed by atoms with Crippen molar-refractivity contribution in [2.75, 3.05) is 14.2 Å². The number of fused-ring (bicyclic) bond motifs is 2. The molecule has 1 N–H and O–H groups in total. The standard InChI is InChI=1S/C22H17BrN4O2.C14H11BrClN3O.C8H7NO/c1-14-3-8-18(16(11-14)12-24)29-19-9-10-25-22-20(19)21(23)26-27(22)13-15-4-6-17(28-2)7-5-15;1-20-10-4-2-9(3-5-10)8-19-14-12(13(15)18-19)11(16)6-7-17-14;1-6-2-3-8(10)7(4-6)5-9/h3-11H,13H2,1-2H3;2-7H,8H2,1H3;2-4,10H,1H3. The number of aromatic hydroxyl groups is 1. The summed E-state index contributed by atoms with van der Waals surface area (Å²) in [7, 11) is 3.30. The molecule has 0 unspecified atom stereocenters. The van der Waals surface area contributed by atoms with Crippen LogP contribution in [0.15, 0.2) is 119 Å². The van der Waals surface area contributed by atoms with Crippen molar-refractivity contribution in [3.05, 3.63) is 157 Å². The number of rotatable bonds is 8. The number of nitriles is 2. The zero-order chi connectivity index (χ0) is 42.1. The summed E-state index contributed by atoms with van der Waals surface area (Å²) >= 11 is 13.1. The van der Waals surface area contributed by atoms with Gasteiger partial charge in [0, 0.05) is 18.5 Å². The maximum atomic E-state index is 9.42. The van der Waals surface area contributed by atoms with Crippen molar-refractivity contribution in [3.63, 3.8) is 0 Å². The molecule has 0 amide bonds. The highest BCUT2D eigenvalue weighted by Gasteiger charge is 2.17. The molecule has 4 aromatic heterocycles. The van der Waals surface area contributed by atoms with E-state index in [0.717, 1.165) is 50.2 Å². The van der Waals surface area contributed by atoms with Gasteiger partial charge < -0.3 is 19.3 Å². The molecule has 4 aromatic carbocycles. The summed E-state index contributed by atoms with van der Waals surface area (Å²) in [6.07, 6.45) is 3.36. The molecule has 15 heteroatoms. The second kappa shape index (κ2) is 19.3. The first-order valence-corrected chi connectivity index (χ1v) is 19.8. The number of hydrogen-bond donors (Lipinski definition) is 1. The second-order valence-electron chi connectivity index (χ2n) is 12.9. The van der Waals surface area contributed by atoms with Gasteiger partial charge in [0.05, 0.1) is 54.2 Å². The Balaban J connectivity index is 0.000000168. The number of benzene rings is 4. The highest BCUT2D eigenvalue weighted by Crippen LogP contribution is 2.35. The van der Waals surface area contributed by atoms with E-state index in [2.05, 4.69) is 58.1 Å². The highest BCUT2D eigenvalue weighted by atomic mass is 79.9. The largest absolute Gasteiger partial charge is 0.507 e. The monoisotopic (exact) mass is 932 g/mol. The van der Waals surface area contributed by atoms with Gasteiger partial charge in [0.25, 0.3) is 0 Å². The van der Waals surface area contributed by atoms with E-state index < -0.39 is 0 Å². The zero-order valence-corrected chi connectivity index (χ0v) is 36.1. The normalized spacial score (nSPS) is 10.5. The molecule has 0 bridgehead atoms. The zero-order valence-electron chi connectivity index (χ0n) is 32.2. The lowest BCUT2D eigenvalue weighted by Gasteiger charge is -2.09. The van der Waals surface area contributed by atoms with E-state index in [-0.39, 0.29) is 5.75 Å². The molecule has 0 saturated heterocycles. The predicted octanol–water partition coefficient (Wildman–Crippen LogP) is 10.7. The molecule has 0 spiro atoms. The van der Waals surface area contributed by atoms with Crippen molar-refractivity contribution in [2.24, 2.45) is 0 Å². The fraction of sp³-hybridized carbons (Fsp3) is 0.136. The Morgan fingerprint density at radius 2 is 1.14 bits per heavy atom. The number of phenols is 1. The van der Waals surface area contributed by atoms with Crippen LogP contribution in [-0.2, 0) is 13.1 Å². The van der Waals surface area contributed by atoms with E-state index in [1.54, 1.807) is 63.0 Å². The summed E-state index contributed by atoms with van der Waals surface area (Å²) in [5.74, 6) is 2.78. The Hall–Kier alpha value is -6.45. The first-order valence-electron chi connectivity index (χ1n) is 17.8. The third kappa shape index (κ3) is 10.2. The molecule has 0 fully saturated rings. The van der Waals surface area contributed by atoms with E-state index >= 15 is 0 Å². The molecule has 0 atom stereocenters. The molecule has 0 aliphatic heterocycles. The van der Waals surface area contributed by atoms with Gasteiger partial charge in [-0.05, 0) is 123 Å². The minimum absolute atomic E-state index is 0.0492. The van der Waals surface area contributed by atoms with Crippen LogP contribution in [0.1, 0.15) is 33.4 Å². The fourth-order valence-electron chi connectivity index (χ4n) is 5.84. The molecule has 8 rings (SSSR count). The van der Waals surface area contributed by atoms with Crippen LogP contribution in [0.3, 0.4) is 0 Å². The number of pyridine rings is 2. The molecule has 0 aliphatic carbocycles. The SMILES string of the molecule is COc1ccc(Cn2nc(Br)c3c(Cl)ccnc32)cc1.COc1ccc(Cn2nc(Br)c3c(Oc4ccc(C)cc4C#N)ccnc32)cc1.Cc1ccc(O)c(C#N)c1. The molecule has 0 radical (unpaired) electrons. The number of hydrogen-bond acceptors (Lipinski definition) is 10. The van der Waals surface area contributed by atoms with Crippen LogP contribution < -0.4 is 14.2 Å². The maximum Gasteiger partial charge on any atom is 0.163 e. The third-order valence-electron chi connectivity index (χ3n) is 8.82. The second-order valence-corrected chi connectivity index (χ2v) is 14.8. The number of phenolic OH excluding ortho intramolecular Hbond substituents is 1. The highest BCUT2D eigenvalue weighted by molar-refractivity contribution is 9.10. The number of aromatic nitrogens is 6. The van der Waals surface area contributed by atoms with Crippen LogP contribution >= 0.6 is 43.5 Å². The van der Waals surface area contributed by atoms with Gasteiger partial charge >= 0.3 is 0 Å². The predicted molar refractivity (Wildman–Crippen MR) is 233 cm³/mol. The van der Waals surface area contributed by atoms with Crippen molar-refractivity contribution >= 4 is 65.5 Å². The lowest BCUT2D eigenvalue weighted by molar-refractivity contribution is 0.414. The van der Waals surface area contributed by atoms with Crippen LogP contribution in [0.5, 0.6) is 28.7 Å². The molecule has 0 saturated carbocycles. The fourth-order valence-corrected chi connectivity index (χ4v) is 7.33. The van der Waals surface area contributed by atoms with Crippen molar-refractivity contribution in [1.82, 2.24) is 29.5 Å². The Kier molecular flexibility index (Phi) is 13.8. The van der Waals surface area contributed by atoms with Gasteiger partial charge in [0.2, 0.25) is 0 Å². The summed E-state index contributed by atoms with van der Waals surface area (Å²) in [5.41, 5.74) is 6.44. The van der Waals surface area contributed by atoms with E-state index in [0.29, 0.717) is 55.6 Å². The maximum absolute atomic E-state index is 9.42. The lowest BCUT2D eigenvalue weighted by atomic mass is 10.1. The van der Waals surface area contributed by atoms with Gasteiger partial charge in [-0.3, -0.25) is 0 Å². The summed E-state index contributed by atoms with van der Waals surface area (Å²) in [6.45, 7) is 4.99. The molecule has 4 heterocycles. The van der Waals surface area contributed by atoms with Crippen LogP contribution in [0, 0.1) is 36.5 Å². The van der Waals surface area contributed by atoms with Crippen molar-refractivity contribution in [3.8, 4) is 40.9 Å². The van der Waals surface area contributed by atoms with Crippen molar-refractivity contribution in [1.29, 1.82) is 10.5 Å². The van der Waals surface area contributed by atoms with Crippen LogP contribution in [-0.4, -0.2) is 48.9 Å². The van der Waals surface area contributed by atoms with E-state index in [1.165, 1.54) is 6.07 Å². The summed E-state index contributed by atoms with van der Waals surface area (Å²) in [6, 6.07) is 33.7. The van der Waals surface area contributed by atoms with Crippen molar-refractivity contribution < 1.29 is 19.3 Å². The number of aryl methyl sites for hydroxylation is 2. The molecule has 296 valence electrons. The number of ether oxygens (including phenoxy) is 3. The van der Waals surface area contributed by atoms with Crippen LogP contribution in [0.2, 0.25) is 5.02 Å². The molecule has 0 aliphatic rings. The lowest BCUT2D eigenvalue weighted by Crippen LogP contribution is -2.02. The van der Waals surface area contributed by atoms with Crippen LogP contribution in [0.25, 0.3) is 22.1 Å². The van der Waals surface area contributed by atoms with Crippen LogP contribution in [0.4, 0.5) is 0 Å². The summed E-state index contributed by atoms with van der Waals surface area (Å²) in [5, 5.41) is 38.1. The van der Waals surface area contributed by atoms with Gasteiger partial charge in [-0.15, -0.1) is 0 Å². The smallest absolute Gasteiger partial charge is 0.163 e. The Labute approximate surface area is 362 Å². The average Bonchev–Trinajstić information content (AvgIpc) is 3.75. The molecular formula is C44H35Br2ClN8O4. The Morgan fingerprint density at radius 3 is 1.66 bits per heavy atom. The summed E-state index contributed by atoms with van der Waals surface area (Å²) in [4.78, 5) is 8.85. The molecule has 59 heavy (non-hydrogen) atoms. The van der Waals surface area contributed by atoms with Gasteiger partial charge in [-0.1, -0.05) is 48.0 Å². The number of halogens is 3. The molecular weight excluding hydrogens is 900 g/mol. The van der Waals surface area contributed by atoms with Gasteiger partial charge in [-0.25, -0.2) is 19.3 Å². The number of nitrogens with zero attached hydrogens (tertiary/aromatic N) is 8. The Bertz CT molecular complexity index is 2830. The summed E-state index contributed by atoms with van der Waals surface area (Å²) < 4.78 is 21.4. The minimum atomic E-state index is 0.0492. The first kappa shape index (κ1) is 42.2. The van der Waals surface area contributed by atoms with Crippen molar-refractivity contribution in [2.45, 2.75) is 26.9 Å². The topological polar surface area (TPSA) is 157 Å². The Morgan fingerprint density at radius 1 is 0.644 bits per heavy atom. The first-order chi connectivity index (χ1) is 28.5. The number of methoxy groups -OCH3 is 2. The average molecular weight is 935 g/mol. The third-order valence-corrected chi connectivity index (χ3v) is 10.2. The van der Waals surface area contributed by atoms with Gasteiger partial charge in [-0.2, -0.15) is 20.7 Å². The van der Waals surface area contributed by atoms with E-state index in [1.807, 2.05) is 83.9 Å². The minimum Gasteiger partial charge on any atom is -0.507 e. The molecule has 8 aromatic rings. The van der Waals surface area contributed by atoms with Gasteiger partial charge in [0.15, 0.2) is 11.3 Å². The van der Waals surface area contributed by atoms with Gasteiger partial charge in [0.1, 0.15) is 50.1 Å². The molecule has 12 nitrogen and oxygen atoms in total. The van der Waals surface area contributed by atoms with E-state index in [9.17, 15) is 5.26 Å².